The molecule has 1 aliphatic rings. The van der Waals surface area contributed by atoms with Crippen LogP contribution in [0.4, 0.5) is 10.5 Å². The molecule has 0 bridgehead atoms. The summed E-state index contributed by atoms with van der Waals surface area (Å²) in [4.78, 5) is 25.4. The van der Waals surface area contributed by atoms with E-state index in [0.29, 0.717) is 30.4 Å². The summed E-state index contributed by atoms with van der Waals surface area (Å²) in [5, 5.41) is 3.31. The van der Waals surface area contributed by atoms with Gasteiger partial charge in [-0.1, -0.05) is 35.9 Å². The van der Waals surface area contributed by atoms with Gasteiger partial charge in [0.1, 0.15) is 13.2 Å². The molecule has 1 fully saturated rings. The van der Waals surface area contributed by atoms with E-state index in [1.807, 2.05) is 12.1 Å². The molecular weight excluding hydrogens is 356 g/mol. The molecule has 0 spiro atoms. The Balaban J connectivity index is 1.48. The van der Waals surface area contributed by atoms with Crippen LogP contribution >= 0.6 is 11.6 Å². The normalized spacial score (nSPS) is 14.2. The molecule has 2 aromatic carbocycles. The third-order valence-electron chi connectivity index (χ3n) is 3.94. The molecule has 0 saturated carbocycles. The standard InChI is InChI=1S/C19H19ClN2O4/c20-16-5-1-15(2-6-16)12-26-19(24)21-17-7-3-14(4-8-17)11-22-9-10-25-13-18(22)23/h1-8H,9-13H2,(H,21,24). The monoisotopic (exact) mass is 374 g/mol. The van der Waals surface area contributed by atoms with Crippen LogP contribution in [0.3, 0.4) is 0 Å². The summed E-state index contributed by atoms with van der Waals surface area (Å²) in [5.41, 5.74) is 2.47. The van der Waals surface area contributed by atoms with E-state index in [-0.39, 0.29) is 19.1 Å². The van der Waals surface area contributed by atoms with Crippen molar-refractivity contribution in [1.29, 1.82) is 0 Å². The summed E-state index contributed by atoms with van der Waals surface area (Å²) >= 11 is 5.82. The van der Waals surface area contributed by atoms with E-state index in [1.54, 1.807) is 41.3 Å². The minimum Gasteiger partial charge on any atom is -0.444 e. The molecular formula is C19H19ClN2O4. The SMILES string of the molecule is O=C(Nc1ccc(CN2CCOCC2=O)cc1)OCc1ccc(Cl)cc1. The number of halogens is 1. The van der Waals surface area contributed by atoms with Crippen molar-refractivity contribution in [2.75, 3.05) is 25.1 Å². The molecule has 136 valence electrons. The first kappa shape index (κ1) is 18.2. The van der Waals surface area contributed by atoms with Crippen molar-refractivity contribution in [1.82, 2.24) is 4.90 Å². The Morgan fingerprint density at radius 2 is 1.81 bits per heavy atom. The highest BCUT2D eigenvalue weighted by Gasteiger charge is 2.18. The Hall–Kier alpha value is -2.57. The Morgan fingerprint density at radius 1 is 1.12 bits per heavy atom. The van der Waals surface area contributed by atoms with Crippen molar-refractivity contribution in [3.63, 3.8) is 0 Å². The van der Waals surface area contributed by atoms with Crippen LogP contribution < -0.4 is 5.32 Å². The number of hydrogen-bond donors (Lipinski definition) is 1. The lowest BCUT2D eigenvalue weighted by Crippen LogP contribution is -2.40. The number of benzene rings is 2. The van der Waals surface area contributed by atoms with Gasteiger partial charge < -0.3 is 14.4 Å². The largest absolute Gasteiger partial charge is 0.444 e. The second-order valence-corrected chi connectivity index (χ2v) is 6.33. The average Bonchev–Trinajstić information content (AvgIpc) is 2.65. The van der Waals surface area contributed by atoms with Gasteiger partial charge in [-0.25, -0.2) is 4.79 Å². The molecule has 1 saturated heterocycles. The van der Waals surface area contributed by atoms with E-state index in [9.17, 15) is 9.59 Å². The number of hydrogen-bond acceptors (Lipinski definition) is 4. The fraction of sp³-hybridized carbons (Fsp3) is 0.263. The summed E-state index contributed by atoms with van der Waals surface area (Å²) < 4.78 is 10.3. The Morgan fingerprint density at radius 3 is 2.50 bits per heavy atom. The molecule has 1 heterocycles. The molecule has 2 amide bonds. The highest BCUT2D eigenvalue weighted by molar-refractivity contribution is 6.30. The van der Waals surface area contributed by atoms with Gasteiger partial charge in [0.2, 0.25) is 5.91 Å². The van der Waals surface area contributed by atoms with Crippen LogP contribution in [0.25, 0.3) is 0 Å². The van der Waals surface area contributed by atoms with Gasteiger partial charge >= 0.3 is 6.09 Å². The van der Waals surface area contributed by atoms with Gasteiger partial charge in [0.05, 0.1) is 6.61 Å². The molecule has 0 radical (unpaired) electrons. The lowest BCUT2D eigenvalue weighted by atomic mass is 10.2. The Bertz CT molecular complexity index is 762. The smallest absolute Gasteiger partial charge is 0.411 e. The molecule has 1 N–H and O–H groups in total. The van der Waals surface area contributed by atoms with Crippen molar-refractivity contribution >= 4 is 29.3 Å². The van der Waals surface area contributed by atoms with Gasteiger partial charge in [0.25, 0.3) is 0 Å². The average molecular weight is 375 g/mol. The number of carbonyl (C=O) groups excluding carboxylic acids is 2. The van der Waals surface area contributed by atoms with Crippen molar-refractivity contribution < 1.29 is 19.1 Å². The van der Waals surface area contributed by atoms with E-state index in [2.05, 4.69) is 5.32 Å². The molecule has 0 aliphatic carbocycles. The zero-order valence-corrected chi connectivity index (χ0v) is 14.9. The first-order valence-corrected chi connectivity index (χ1v) is 8.60. The van der Waals surface area contributed by atoms with E-state index in [0.717, 1.165) is 11.1 Å². The third kappa shape index (κ3) is 5.21. The van der Waals surface area contributed by atoms with Gasteiger partial charge in [-0.05, 0) is 35.4 Å². The second kappa shape index (κ2) is 8.69. The fourth-order valence-electron chi connectivity index (χ4n) is 2.51. The van der Waals surface area contributed by atoms with Crippen molar-refractivity contribution in [3.8, 4) is 0 Å². The molecule has 0 atom stereocenters. The Kier molecular flexibility index (Phi) is 6.09. The second-order valence-electron chi connectivity index (χ2n) is 5.89. The van der Waals surface area contributed by atoms with Crippen LogP contribution in [0.5, 0.6) is 0 Å². The minimum absolute atomic E-state index is 0.00997. The highest BCUT2D eigenvalue weighted by atomic mass is 35.5. The van der Waals surface area contributed by atoms with Crippen LogP contribution in [0.2, 0.25) is 5.02 Å². The fourth-order valence-corrected chi connectivity index (χ4v) is 2.64. The van der Waals surface area contributed by atoms with Gasteiger partial charge in [0, 0.05) is 23.8 Å². The van der Waals surface area contributed by atoms with E-state index >= 15 is 0 Å². The van der Waals surface area contributed by atoms with Crippen LogP contribution in [0, 0.1) is 0 Å². The lowest BCUT2D eigenvalue weighted by molar-refractivity contribution is -0.143. The number of ether oxygens (including phenoxy) is 2. The van der Waals surface area contributed by atoms with Crippen molar-refractivity contribution in [3.05, 3.63) is 64.7 Å². The number of rotatable bonds is 5. The van der Waals surface area contributed by atoms with Crippen LogP contribution in [-0.4, -0.2) is 36.7 Å². The van der Waals surface area contributed by atoms with Crippen LogP contribution in [0.15, 0.2) is 48.5 Å². The lowest BCUT2D eigenvalue weighted by Gasteiger charge is -2.26. The third-order valence-corrected chi connectivity index (χ3v) is 4.19. The highest BCUT2D eigenvalue weighted by Crippen LogP contribution is 2.14. The van der Waals surface area contributed by atoms with Gasteiger partial charge in [-0.3, -0.25) is 10.1 Å². The number of amides is 2. The summed E-state index contributed by atoms with van der Waals surface area (Å²) in [7, 11) is 0. The van der Waals surface area contributed by atoms with E-state index < -0.39 is 6.09 Å². The van der Waals surface area contributed by atoms with Gasteiger partial charge in [-0.15, -0.1) is 0 Å². The summed E-state index contributed by atoms with van der Waals surface area (Å²) in [6.07, 6.45) is -0.531. The number of nitrogens with one attached hydrogen (secondary N) is 1. The predicted molar refractivity (Wildman–Crippen MR) is 97.9 cm³/mol. The molecule has 2 aromatic rings. The summed E-state index contributed by atoms with van der Waals surface area (Å²) in [6, 6.07) is 14.4. The summed E-state index contributed by atoms with van der Waals surface area (Å²) in [5.74, 6) is -0.00997. The molecule has 0 unspecified atom stereocenters. The van der Waals surface area contributed by atoms with Crippen molar-refractivity contribution in [2.45, 2.75) is 13.2 Å². The van der Waals surface area contributed by atoms with Crippen molar-refractivity contribution in [2.24, 2.45) is 0 Å². The van der Waals surface area contributed by atoms with E-state index in [4.69, 9.17) is 21.1 Å². The molecule has 1 aliphatic heterocycles. The predicted octanol–water partition coefficient (Wildman–Crippen LogP) is 3.45. The quantitative estimate of drug-likeness (QED) is 0.870. The van der Waals surface area contributed by atoms with Crippen LogP contribution in [-0.2, 0) is 27.4 Å². The molecule has 7 heteroatoms. The molecule has 0 aromatic heterocycles. The number of morpholine rings is 1. The zero-order chi connectivity index (χ0) is 18.4. The number of anilines is 1. The Labute approximate surface area is 156 Å². The minimum atomic E-state index is -0.531. The first-order chi connectivity index (χ1) is 12.6. The van der Waals surface area contributed by atoms with Gasteiger partial charge in [-0.2, -0.15) is 0 Å². The molecule has 6 nitrogen and oxygen atoms in total. The van der Waals surface area contributed by atoms with Crippen LogP contribution in [0.1, 0.15) is 11.1 Å². The zero-order valence-electron chi connectivity index (χ0n) is 14.1. The maximum atomic E-state index is 11.9. The number of carbonyl (C=O) groups is 2. The summed E-state index contributed by atoms with van der Waals surface area (Å²) in [6.45, 7) is 1.99. The van der Waals surface area contributed by atoms with E-state index in [1.165, 1.54) is 0 Å². The molecule has 3 rings (SSSR count). The molecule has 26 heavy (non-hydrogen) atoms. The van der Waals surface area contributed by atoms with Gasteiger partial charge in [0.15, 0.2) is 0 Å². The number of nitrogens with zero attached hydrogens (tertiary/aromatic N) is 1. The maximum absolute atomic E-state index is 11.9. The first-order valence-electron chi connectivity index (χ1n) is 8.23. The maximum Gasteiger partial charge on any atom is 0.411 e. The topological polar surface area (TPSA) is 67.9 Å².